The van der Waals surface area contributed by atoms with Gasteiger partial charge in [-0.25, -0.2) is 18.2 Å². The number of furan rings is 1. The van der Waals surface area contributed by atoms with Crippen LogP contribution in [-0.2, 0) is 21.4 Å². The van der Waals surface area contributed by atoms with Crippen LogP contribution < -0.4 is 20.5 Å². The van der Waals surface area contributed by atoms with Gasteiger partial charge in [-0.05, 0) is 29.8 Å². The summed E-state index contributed by atoms with van der Waals surface area (Å²) in [6.07, 6.45) is 0.991. The van der Waals surface area contributed by atoms with E-state index in [1.165, 1.54) is 30.2 Å². The van der Waals surface area contributed by atoms with Gasteiger partial charge in [0.1, 0.15) is 28.8 Å². The summed E-state index contributed by atoms with van der Waals surface area (Å²) in [5.74, 6) is -1.44. The number of carbonyl (C=O) groups excluding carboxylic acids is 3. The first-order valence-electron chi connectivity index (χ1n) is 9.99. The van der Waals surface area contributed by atoms with E-state index < -0.39 is 27.9 Å². The number of nitrogens with zero attached hydrogens (tertiary/aromatic N) is 2. The van der Waals surface area contributed by atoms with Crippen molar-refractivity contribution >= 4 is 44.8 Å². The minimum atomic E-state index is -3.55. The number of rotatable bonds is 7. The van der Waals surface area contributed by atoms with Crippen LogP contribution >= 0.6 is 0 Å². The second-order valence-corrected chi connectivity index (χ2v) is 9.47. The number of benzene rings is 1. The van der Waals surface area contributed by atoms with Crippen molar-refractivity contribution in [2.45, 2.75) is 12.5 Å². The van der Waals surface area contributed by atoms with Gasteiger partial charge in [-0.3, -0.25) is 19.6 Å². The third-order valence-corrected chi connectivity index (χ3v) is 5.77. The van der Waals surface area contributed by atoms with E-state index in [-0.39, 0.29) is 41.7 Å². The SMILES string of the molecule is COc1ccc2c(c1)C(=O)N(CC(C(=O)NC(N)=O)c1cc3nc(NS(C)(=O)=O)ccc3o1)C2. The van der Waals surface area contributed by atoms with Crippen molar-refractivity contribution in [3.8, 4) is 5.75 Å². The number of carbonyl (C=O) groups is 3. The van der Waals surface area contributed by atoms with E-state index in [1.807, 2.05) is 5.32 Å². The predicted molar refractivity (Wildman–Crippen MR) is 121 cm³/mol. The number of pyridine rings is 1. The lowest BCUT2D eigenvalue weighted by atomic mass is 10.0. The Hall–Kier alpha value is -4.13. The molecule has 4 N–H and O–H groups in total. The molecule has 0 radical (unpaired) electrons. The molecule has 0 spiro atoms. The second kappa shape index (κ2) is 8.67. The van der Waals surface area contributed by atoms with Crippen LogP contribution in [-0.4, -0.2) is 56.1 Å². The smallest absolute Gasteiger partial charge is 0.318 e. The Labute approximate surface area is 194 Å². The molecule has 12 nitrogen and oxygen atoms in total. The number of primary amides is 1. The molecule has 1 aromatic carbocycles. The number of sulfonamides is 1. The quantitative estimate of drug-likeness (QED) is 0.445. The minimum Gasteiger partial charge on any atom is -0.497 e. The zero-order valence-corrected chi connectivity index (χ0v) is 19.0. The summed E-state index contributed by atoms with van der Waals surface area (Å²) >= 11 is 0. The van der Waals surface area contributed by atoms with E-state index in [4.69, 9.17) is 14.9 Å². The van der Waals surface area contributed by atoms with E-state index in [2.05, 4.69) is 9.71 Å². The van der Waals surface area contributed by atoms with Gasteiger partial charge >= 0.3 is 6.03 Å². The molecule has 1 atom stereocenters. The van der Waals surface area contributed by atoms with E-state index in [0.29, 0.717) is 11.3 Å². The van der Waals surface area contributed by atoms with Crippen molar-refractivity contribution in [3.63, 3.8) is 0 Å². The van der Waals surface area contributed by atoms with Crippen LogP contribution in [0.5, 0.6) is 5.75 Å². The van der Waals surface area contributed by atoms with Crippen molar-refractivity contribution in [2.24, 2.45) is 5.73 Å². The van der Waals surface area contributed by atoms with Gasteiger partial charge < -0.3 is 19.8 Å². The van der Waals surface area contributed by atoms with E-state index >= 15 is 0 Å². The van der Waals surface area contributed by atoms with Crippen molar-refractivity contribution in [2.75, 3.05) is 24.6 Å². The summed E-state index contributed by atoms with van der Waals surface area (Å²) in [6.45, 7) is 0.141. The van der Waals surface area contributed by atoms with Gasteiger partial charge in [-0.15, -0.1) is 0 Å². The lowest BCUT2D eigenvalue weighted by molar-refractivity contribution is -0.122. The van der Waals surface area contributed by atoms with Gasteiger partial charge in [0.15, 0.2) is 5.58 Å². The molecule has 178 valence electrons. The summed E-state index contributed by atoms with van der Waals surface area (Å²) in [7, 11) is -2.05. The number of urea groups is 1. The first-order valence-corrected chi connectivity index (χ1v) is 11.9. The number of hydrogen-bond acceptors (Lipinski definition) is 8. The number of imide groups is 1. The molecule has 0 bridgehead atoms. The largest absolute Gasteiger partial charge is 0.497 e. The molecule has 4 rings (SSSR count). The number of anilines is 1. The average molecular weight is 487 g/mol. The minimum absolute atomic E-state index is 0.0691. The fourth-order valence-corrected chi connectivity index (χ4v) is 4.20. The Morgan fingerprint density at radius 3 is 2.71 bits per heavy atom. The molecular weight excluding hydrogens is 466 g/mol. The average Bonchev–Trinajstić information content (AvgIpc) is 3.30. The van der Waals surface area contributed by atoms with Gasteiger partial charge in [0, 0.05) is 24.7 Å². The number of aromatic nitrogens is 1. The first kappa shape index (κ1) is 23.0. The normalized spacial score (nSPS) is 14.1. The third-order valence-electron chi connectivity index (χ3n) is 5.19. The molecule has 0 saturated carbocycles. The Morgan fingerprint density at radius 2 is 2.03 bits per heavy atom. The first-order chi connectivity index (χ1) is 16.0. The number of hydrogen-bond donors (Lipinski definition) is 3. The highest BCUT2D eigenvalue weighted by Gasteiger charge is 2.34. The van der Waals surface area contributed by atoms with Crippen molar-refractivity contribution in [3.05, 3.63) is 53.3 Å². The van der Waals surface area contributed by atoms with Crippen molar-refractivity contribution in [1.82, 2.24) is 15.2 Å². The molecule has 1 aliphatic heterocycles. The molecule has 4 amide bonds. The highest BCUT2D eigenvalue weighted by molar-refractivity contribution is 7.92. The fourth-order valence-electron chi connectivity index (χ4n) is 3.71. The molecule has 1 aliphatic rings. The molecule has 13 heteroatoms. The monoisotopic (exact) mass is 487 g/mol. The molecule has 0 saturated heterocycles. The van der Waals surface area contributed by atoms with Crippen LogP contribution in [0.1, 0.15) is 27.6 Å². The summed E-state index contributed by atoms with van der Waals surface area (Å²) in [5, 5.41) is 2.03. The van der Waals surface area contributed by atoms with E-state index in [9.17, 15) is 22.8 Å². The highest BCUT2D eigenvalue weighted by Crippen LogP contribution is 2.31. The van der Waals surface area contributed by atoms with Gasteiger partial charge in [-0.1, -0.05) is 6.07 Å². The van der Waals surface area contributed by atoms with E-state index in [1.54, 1.807) is 18.2 Å². The van der Waals surface area contributed by atoms with Crippen molar-refractivity contribution in [1.29, 1.82) is 0 Å². The number of nitrogens with two attached hydrogens (primary N) is 1. The van der Waals surface area contributed by atoms with Crippen molar-refractivity contribution < 1.29 is 32.0 Å². The Morgan fingerprint density at radius 1 is 1.26 bits per heavy atom. The zero-order valence-electron chi connectivity index (χ0n) is 18.2. The zero-order chi connectivity index (χ0) is 24.6. The maximum absolute atomic E-state index is 13.0. The second-order valence-electron chi connectivity index (χ2n) is 7.72. The number of amides is 4. The summed E-state index contributed by atoms with van der Waals surface area (Å²) in [6, 6.07) is 8.42. The van der Waals surface area contributed by atoms with Crippen LogP contribution in [0.25, 0.3) is 11.1 Å². The summed E-state index contributed by atoms with van der Waals surface area (Å²) < 4.78 is 36.2. The molecule has 34 heavy (non-hydrogen) atoms. The number of methoxy groups -OCH3 is 1. The third kappa shape index (κ3) is 4.78. The van der Waals surface area contributed by atoms with Crippen LogP contribution in [0.4, 0.5) is 10.6 Å². The van der Waals surface area contributed by atoms with Gasteiger partial charge in [0.05, 0.1) is 13.4 Å². The van der Waals surface area contributed by atoms with Gasteiger partial charge in [0.2, 0.25) is 15.9 Å². The number of fused-ring (bicyclic) bond motifs is 2. The summed E-state index contributed by atoms with van der Waals surface area (Å²) in [4.78, 5) is 42.7. The number of ether oxygens (including phenoxy) is 1. The molecule has 0 fully saturated rings. The molecular formula is C21H21N5O7S. The lowest BCUT2D eigenvalue weighted by Gasteiger charge is -2.21. The highest BCUT2D eigenvalue weighted by atomic mass is 32.2. The molecule has 3 aromatic rings. The lowest BCUT2D eigenvalue weighted by Crippen LogP contribution is -2.42. The Balaban J connectivity index is 1.65. The van der Waals surface area contributed by atoms with Crippen LogP contribution in [0, 0.1) is 0 Å². The van der Waals surface area contributed by atoms with Crippen LogP contribution in [0.15, 0.2) is 40.8 Å². The fraction of sp³-hybridized carbons (Fsp3) is 0.238. The molecule has 0 aliphatic carbocycles. The predicted octanol–water partition coefficient (Wildman–Crippen LogP) is 1.14. The van der Waals surface area contributed by atoms with Crippen LogP contribution in [0.2, 0.25) is 0 Å². The van der Waals surface area contributed by atoms with Gasteiger partial charge in [0.25, 0.3) is 5.91 Å². The van der Waals surface area contributed by atoms with Gasteiger partial charge in [-0.2, -0.15) is 0 Å². The van der Waals surface area contributed by atoms with E-state index in [0.717, 1.165) is 11.8 Å². The maximum atomic E-state index is 13.0. The number of nitrogens with one attached hydrogen (secondary N) is 2. The Bertz CT molecular complexity index is 1420. The standard InChI is InChI=1S/C21H21N5O7S/c1-32-12-4-3-11-9-26(20(28)13(11)7-12)10-14(19(27)24-21(22)29)17-8-15-16(33-17)5-6-18(23-15)25-34(2,30)31/h3-8,14H,9-10H2,1-2H3,(H,23,25)(H3,22,24,27,29). The summed E-state index contributed by atoms with van der Waals surface area (Å²) in [5.41, 5.74) is 6.91. The maximum Gasteiger partial charge on any atom is 0.318 e. The van der Waals surface area contributed by atoms with Crippen LogP contribution in [0.3, 0.4) is 0 Å². The molecule has 1 unspecified atom stereocenters. The topological polar surface area (TPSA) is 174 Å². The molecule has 3 heterocycles. The molecule has 2 aromatic heterocycles. The Kier molecular flexibility index (Phi) is 5.87.